The minimum atomic E-state index is -1.14. The zero-order valence-electron chi connectivity index (χ0n) is 14.5. The molecular weight excluding hydrogens is 326 g/mol. The highest BCUT2D eigenvalue weighted by Gasteiger charge is 2.25. The Kier molecular flexibility index (Phi) is 5.15. The van der Waals surface area contributed by atoms with E-state index in [0.29, 0.717) is 10.9 Å². The van der Waals surface area contributed by atoms with Crippen molar-refractivity contribution < 1.29 is 24.2 Å². The molecule has 1 heterocycles. The second kappa shape index (κ2) is 6.96. The molecule has 1 aromatic carbocycles. The number of fused-ring (bicyclic) bond motifs is 1. The number of hydrogen-bond acceptors (Lipinski definition) is 5. The summed E-state index contributed by atoms with van der Waals surface area (Å²) < 4.78 is 5.22. The minimum absolute atomic E-state index is 0.0384. The number of phenols is 1. The SMILES string of the molecule is Cc1cc(O)c2c(C)c(CC(=O)NC(C(=O)O)C(C)C)c(=O)oc2c1. The summed E-state index contributed by atoms with van der Waals surface area (Å²) in [6.07, 6.45) is -0.325. The number of carboxylic acids is 1. The summed E-state index contributed by atoms with van der Waals surface area (Å²) >= 11 is 0. The van der Waals surface area contributed by atoms with E-state index in [1.165, 1.54) is 0 Å². The number of nitrogens with one attached hydrogen (secondary N) is 1. The number of aromatic hydroxyl groups is 1. The number of aliphatic carboxylic acids is 1. The highest BCUT2D eigenvalue weighted by atomic mass is 16.4. The van der Waals surface area contributed by atoms with Crippen molar-refractivity contribution in [1.82, 2.24) is 5.32 Å². The Balaban J connectivity index is 2.40. The van der Waals surface area contributed by atoms with Gasteiger partial charge >= 0.3 is 11.6 Å². The van der Waals surface area contributed by atoms with Crippen molar-refractivity contribution in [2.75, 3.05) is 0 Å². The number of amides is 1. The largest absolute Gasteiger partial charge is 0.507 e. The van der Waals surface area contributed by atoms with E-state index in [-0.39, 0.29) is 29.2 Å². The smallest absolute Gasteiger partial charge is 0.340 e. The van der Waals surface area contributed by atoms with Crippen molar-refractivity contribution in [3.05, 3.63) is 39.2 Å². The molecule has 0 radical (unpaired) electrons. The summed E-state index contributed by atoms with van der Waals surface area (Å²) in [4.78, 5) is 35.6. The fourth-order valence-electron chi connectivity index (χ4n) is 2.76. The number of hydrogen-bond donors (Lipinski definition) is 3. The maximum absolute atomic E-state index is 12.2. The number of carbonyl (C=O) groups excluding carboxylic acids is 1. The van der Waals surface area contributed by atoms with Crippen LogP contribution in [0, 0.1) is 19.8 Å². The van der Waals surface area contributed by atoms with Gasteiger partial charge in [0.05, 0.1) is 17.4 Å². The molecule has 0 aliphatic carbocycles. The summed E-state index contributed by atoms with van der Waals surface area (Å²) in [6, 6.07) is 2.13. The number of phenolic OH excluding ortho intramolecular Hbond substituents is 1. The van der Waals surface area contributed by atoms with Gasteiger partial charge in [-0.25, -0.2) is 9.59 Å². The monoisotopic (exact) mass is 347 g/mol. The average Bonchev–Trinajstić information content (AvgIpc) is 2.47. The Bertz CT molecular complexity index is 897. The van der Waals surface area contributed by atoms with Crippen molar-refractivity contribution in [2.45, 2.75) is 40.2 Å². The van der Waals surface area contributed by atoms with E-state index in [1.807, 2.05) is 0 Å². The summed E-state index contributed by atoms with van der Waals surface area (Å²) in [5, 5.41) is 22.1. The van der Waals surface area contributed by atoms with Crippen LogP contribution in [-0.2, 0) is 16.0 Å². The standard InChI is InChI=1S/C18H21NO6/c1-8(2)16(17(22)23)19-14(21)7-11-10(4)15-12(20)5-9(3)6-13(15)25-18(11)24/h5-6,8,16,20H,7H2,1-4H3,(H,19,21)(H,22,23). The Morgan fingerprint density at radius 3 is 2.44 bits per heavy atom. The Morgan fingerprint density at radius 1 is 1.24 bits per heavy atom. The molecule has 1 unspecified atom stereocenters. The molecule has 25 heavy (non-hydrogen) atoms. The first kappa shape index (κ1) is 18.5. The lowest BCUT2D eigenvalue weighted by molar-refractivity contribution is -0.143. The fourth-order valence-corrected chi connectivity index (χ4v) is 2.76. The second-order valence-electron chi connectivity index (χ2n) is 6.45. The number of rotatable bonds is 5. The molecule has 0 fully saturated rings. The molecule has 1 amide bonds. The lowest BCUT2D eigenvalue weighted by Gasteiger charge is -2.18. The van der Waals surface area contributed by atoms with Crippen LogP contribution in [0.5, 0.6) is 5.75 Å². The predicted molar refractivity (Wildman–Crippen MR) is 91.7 cm³/mol. The molecule has 1 atom stereocenters. The Hall–Kier alpha value is -2.83. The third kappa shape index (κ3) is 3.81. The fraction of sp³-hybridized carbons (Fsp3) is 0.389. The van der Waals surface area contributed by atoms with Crippen LogP contribution in [-0.4, -0.2) is 28.1 Å². The zero-order valence-corrected chi connectivity index (χ0v) is 14.5. The van der Waals surface area contributed by atoms with Crippen LogP contribution in [0.4, 0.5) is 0 Å². The zero-order chi connectivity index (χ0) is 18.9. The van der Waals surface area contributed by atoms with Crippen LogP contribution in [0.1, 0.15) is 30.5 Å². The van der Waals surface area contributed by atoms with Gasteiger partial charge in [0.25, 0.3) is 0 Å². The Labute approximate surface area is 144 Å². The molecule has 3 N–H and O–H groups in total. The molecule has 0 saturated heterocycles. The van der Waals surface area contributed by atoms with Crippen molar-refractivity contribution in [2.24, 2.45) is 5.92 Å². The van der Waals surface area contributed by atoms with E-state index in [0.717, 1.165) is 5.56 Å². The summed E-state index contributed by atoms with van der Waals surface area (Å²) in [5.41, 5.74) is 0.836. The molecule has 0 bridgehead atoms. The number of carbonyl (C=O) groups is 2. The van der Waals surface area contributed by atoms with E-state index in [4.69, 9.17) is 9.52 Å². The first-order chi connectivity index (χ1) is 11.6. The van der Waals surface area contributed by atoms with Gasteiger partial charge in [-0.05, 0) is 43.0 Å². The van der Waals surface area contributed by atoms with E-state index in [2.05, 4.69) is 5.32 Å². The van der Waals surface area contributed by atoms with E-state index in [9.17, 15) is 19.5 Å². The highest BCUT2D eigenvalue weighted by molar-refractivity contribution is 5.90. The molecule has 0 aliphatic heterocycles. The van der Waals surface area contributed by atoms with Crippen LogP contribution >= 0.6 is 0 Å². The van der Waals surface area contributed by atoms with Gasteiger partial charge in [0.2, 0.25) is 5.91 Å². The first-order valence-electron chi connectivity index (χ1n) is 7.90. The lowest BCUT2D eigenvalue weighted by Crippen LogP contribution is -2.45. The third-order valence-electron chi connectivity index (χ3n) is 4.09. The summed E-state index contributed by atoms with van der Waals surface area (Å²) in [7, 11) is 0. The summed E-state index contributed by atoms with van der Waals surface area (Å²) in [5.74, 6) is -2.08. The lowest BCUT2D eigenvalue weighted by atomic mass is 10.0. The maximum Gasteiger partial charge on any atom is 0.340 e. The molecule has 7 nitrogen and oxygen atoms in total. The van der Waals surface area contributed by atoms with Gasteiger partial charge in [0.1, 0.15) is 17.4 Å². The molecule has 0 saturated carbocycles. The van der Waals surface area contributed by atoms with Crippen molar-refractivity contribution >= 4 is 22.8 Å². The van der Waals surface area contributed by atoms with Gasteiger partial charge < -0.3 is 19.9 Å². The van der Waals surface area contributed by atoms with Crippen molar-refractivity contribution in [3.63, 3.8) is 0 Å². The van der Waals surface area contributed by atoms with E-state index in [1.54, 1.807) is 39.8 Å². The quantitative estimate of drug-likeness (QED) is 0.711. The average molecular weight is 347 g/mol. The first-order valence-corrected chi connectivity index (χ1v) is 7.90. The van der Waals surface area contributed by atoms with E-state index >= 15 is 0 Å². The molecular formula is C18H21NO6. The molecule has 0 spiro atoms. The van der Waals surface area contributed by atoms with Crippen molar-refractivity contribution in [1.29, 1.82) is 0 Å². The molecule has 7 heteroatoms. The maximum atomic E-state index is 12.2. The van der Waals surface area contributed by atoms with E-state index < -0.39 is 23.5 Å². The second-order valence-corrected chi connectivity index (χ2v) is 6.45. The van der Waals surface area contributed by atoms with Crippen molar-refractivity contribution in [3.8, 4) is 5.75 Å². The van der Waals surface area contributed by atoms with Gasteiger partial charge in [-0.2, -0.15) is 0 Å². The highest BCUT2D eigenvalue weighted by Crippen LogP contribution is 2.29. The molecule has 1 aromatic heterocycles. The molecule has 2 rings (SSSR count). The molecule has 134 valence electrons. The van der Waals surface area contributed by atoms with Crippen LogP contribution in [0.2, 0.25) is 0 Å². The number of aryl methyl sites for hydroxylation is 2. The minimum Gasteiger partial charge on any atom is -0.507 e. The van der Waals surface area contributed by atoms with Crippen LogP contribution in [0.25, 0.3) is 11.0 Å². The topological polar surface area (TPSA) is 117 Å². The van der Waals surface area contributed by atoms with Gasteiger partial charge in [-0.3, -0.25) is 4.79 Å². The van der Waals surface area contributed by atoms with Crippen LogP contribution in [0.15, 0.2) is 21.3 Å². The normalized spacial score (nSPS) is 12.4. The van der Waals surface area contributed by atoms with Crippen LogP contribution < -0.4 is 10.9 Å². The van der Waals surface area contributed by atoms with Gasteiger partial charge in [0.15, 0.2) is 0 Å². The number of benzene rings is 1. The number of carboxylic acid groups (broad SMARTS) is 1. The Morgan fingerprint density at radius 2 is 1.88 bits per heavy atom. The van der Waals surface area contributed by atoms with Crippen LogP contribution in [0.3, 0.4) is 0 Å². The predicted octanol–water partition coefficient (Wildman–Crippen LogP) is 1.88. The van der Waals surface area contributed by atoms with Gasteiger partial charge in [-0.1, -0.05) is 13.8 Å². The molecule has 2 aromatic rings. The third-order valence-corrected chi connectivity index (χ3v) is 4.09. The van der Waals surface area contributed by atoms with Gasteiger partial charge in [0, 0.05) is 0 Å². The van der Waals surface area contributed by atoms with Gasteiger partial charge in [-0.15, -0.1) is 0 Å². The molecule has 0 aliphatic rings. The summed E-state index contributed by atoms with van der Waals surface area (Å²) in [6.45, 7) is 6.73.